The van der Waals surface area contributed by atoms with Crippen molar-refractivity contribution >= 4 is 27.9 Å². The Bertz CT molecular complexity index is 1010. The third-order valence-electron chi connectivity index (χ3n) is 3.25. The van der Waals surface area contributed by atoms with Crippen LogP contribution in [0.3, 0.4) is 0 Å². The van der Waals surface area contributed by atoms with Crippen LogP contribution in [-0.4, -0.2) is 19.8 Å². The van der Waals surface area contributed by atoms with Crippen LogP contribution in [0, 0.1) is 11.6 Å². The molecule has 0 saturated heterocycles. The molecule has 0 bridgehead atoms. The monoisotopic (exact) mass is 348 g/mol. The third-order valence-corrected chi connectivity index (χ3v) is 4.45. The summed E-state index contributed by atoms with van der Waals surface area (Å²) in [6.07, 6.45) is 0. The van der Waals surface area contributed by atoms with Crippen LogP contribution in [0.4, 0.5) is 8.78 Å². The fourth-order valence-corrected chi connectivity index (χ4v) is 3.13. The summed E-state index contributed by atoms with van der Waals surface area (Å²) >= 11 is 7.17. The van der Waals surface area contributed by atoms with E-state index in [2.05, 4.69) is 15.3 Å². The van der Waals surface area contributed by atoms with Gasteiger partial charge in [-0.3, -0.25) is 0 Å². The lowest BCUT2D eigenvalue weighted by atomic mass is 10.2. The predicted molar refractivity (Wildman–Crippen MR) is 84.5 cm³/mol. The van der Waals surface area contributed by atoms with Crippen LogP contribution < -0.4 is 0 Å². The van der Waals surface area contributed by atoms with Gasteiger partial charge in [0, 0.05) is 10.6 Å². The highest BCUT2D eigenvalue weighted by atomic mass is 35.5. The van der Waals surface area contributed by atoms with Gasteiger partial charge < -0.3 is 0 Å². The number of rotatable bonds is 2. The lowest BCUT2D eigenvalue weighted by molar-refractivity contribution is 0.601. The maximum Gasteiger partial charge on any atom is 0.235 e. The van der Waals surface area contributed by atoms with Crippen molar-refractivity contribution in [2.45, 2.75) is 0 Å². The second kappa shape index (κ2) is 5.36. The molecule has 0 aliphatic carbocycles. The highest BCUT2D eigenvalue weighted by Gasteiger charge is 2.17. The van der Waals surface area contributed by atoms with Crippen molar-refractivity contribution in [3.05, 3.63) is 59.1 Å². The van der Waals surface area contributed by atoms with Crippen molar-refractivity contribution in [2.24, 2.45) is 0 Å². The van der Waals surface area contributed by atoms with Crippen molar-refractivity contribution < 1.29 is 8.78 Å². The molecule has 4 nitrogen and oxygen atoms in total. The van der Waals surface area contributed by atoms with Crippen LogP contribution in [-0.2, 0) is 0 Å². The molecule has 0 radical (unpaired) electrons. The Morgan fingerprint density at radius 1 is 1.00 bits per heavy atom. The van der Waals surface area contributed by atoms with Crippen molar-refractivity contribution in [3.8, 4) is 22.0 Å². The molecular weight excluding hydrogens is 342 g/mol. The lowest BCUT2D eigenvalue weighted by Gasteiger charge is -1.99. The first-order valence-corrected chi connectivity index (χ1v) is 7.75. The van der Waals surface area contributed by atoms with Gasteiger partial charge in [0.25, 0.3) is 0 Å². The van der Waals surface area contributed by atoms with Crippen molar-refractivity contribution in [1.82, 2.24) is 19.8 Å². The Morgan fingerprint density at radius 2 is 1.78 bits per heavy atom. The molecule has 4 aromatic rings. The highest BCUT2D eigenvalue weighted by molar-refractivity contribution is 7.19. The second-order valence-electron chi connectivity index (χ2n) is 4.76. The topological polar surface area (TPSA) is 43.1 Å². The molecule has 0 saturated carbocycles. The van der Waals surface area contributed by atoms with Gasteiger partial charge in [0.2, 0.25) is 4.96 Å². The van der Waals surface area contributed by atoms with Crippen molar-refractivity contribution in [1.29, 1.82) is 0 Å². The number of halogens is 3. The number of benzene rings is 2. The zero-order valence-corrected chi connectivity index (χ0v) is 12.9. The van der Waals surface area contributed by atoms with Gasteiger partial charge in [0.05, 0.1) is 5.56 Å². The van der Waals surface area contributed by atoms with Crippen LogP contribution in [0.15, 0.2) is 42.5 Å². The predicted octanol–water partition coefficient (Wildman–Crippen LogP) is 4.45. The number of fused-ring (bicyclic) bond motifs is 1. The van der Waals surface area contributed by atoms with E-state index in [1.807, 2.05) is 12.1 Å². The molecule has 0 unspecified atom stereocenters. The van der Waals surface area contributed by atoms with E-state index in [0.29, 0.717) is 15.0 Å². The van der Waals surface area contributed by atoms with Gasteiger partial charge in [-0.05, 0) is 30.3 Å². The van der Waals surface area contributed by atoms with Crippen molar-refractivity contribution in [3.63, 3.8) is 0 Å². The molecule has 23 heavy (non-hydrogen) atoms. The van der Waals surface area contributed by atoms with Gasteiger partial charge in [0.1, 0.15) is 16.6 Å². The summed E-state index contributed by atoms with van der Waals surface area (Å²) in [6, 6.07) is 10.4. The second-order valence-corrected chi connectivity index (χ2v) is 6.15. The van der Waals surface area contributed by atoms with E-state index in [0.717, 1.165) is 23.8 Å². The Hall–Kier alpha value is -2.38. The number of hydrogen-bond acceptors (Lipinski definition) is 4. The van der Waals surface area contributed by atoms with Gasteiger partial charge in [-0.25, -0.2) is 8.78 Å². The summed E-state index contributed by atoms with van der Waals surface area (Å²) in [7, 11) is 0. The fraction of sp³-hybridized carbons (Fsp3) is 0. The van der Waals surface area contributed by atoms with E-state index in [1.165, 1.54) is 15.9 Å². The summed E-state index contributed by atoms with van der Waals surface area (Å²) in [5.74, 6) is -0.971. The molecule has 2 aromatic carbocycles. The molecule has 114 valence electrons. The van der Waals surface area contributed by atoms with Crippen LogP contribution in [0.5, 0.6) is 0 Å². The van der Waals surface area contributed by atoms with Gasteiger partial charge in [-0.2, -0.15) is 9.61 Å². The van der Waals surface area contributed by atoms with Crippen molar-refractivity contribution in [2.75, 3.05) is 0 Å². The molecule has 2 aromatic heterocycles. The van der Waals surface area contributed by atoms with E-state index >= 15 is 0 Å². The van der Waals surface area contributed by atoms with E-state index < -0.39 is 11.6 Å². The normalized spacial score (nSPS) is 11.3. The number of hydrogen-bond donors (Lipinski definition) is 0. The van der Waals surface area contributed by atoms with E-state index in [9.17, 15) is 8.78 Å². The largest absolute Gasteiger partial charge is 0.235 e. The molecule has 4 rings (SSSR count). The van der Waals surface area contributed by atoms with Crippen LogP contribution in [0.1, 0.15) is 0 Å². The first-order valence-electron chi connectivity index (χ1n) is 6.55. The summed E-state index contributed by atoms with van der Waals surface area (Å²) < 4.78 is 28.8. The molecule has 2 heterocycles. The fourth-order valence-electron chi connectivity index (χ4n) is 2.16. The minimum atomic E-state index is -0.582. The quantitative estimate of drug-likeness (QED) is 0.537. The average molecular weight is 349 g/mol. The average Bonchev–Trinajstić information content (AvgIpc) is 3.11. The van der Waals surface area contributed by atoms with E-state index in [1.54, 1.807) is 12.1 Å². The molecule has 0 amide bonds. The van der Waals surface area contributed by atoms with Crippen LogP contribution >= 0.6 is 22.9 Å². The number of aromatic nitrogens is 4. The minimum absolute atomic E-state index is 0.0189. The third kappa shape index (κ3) is 2.47. The van der Waals surface area contributed by atoms with Crippen LogP contribution in [0.25, 0.3) is 26.9 Å². The highest BCUT2D eigenvalue weighted by Crippen LogP contribution is 2.29. The minimum Gasteiger partial charge on any atom is -0.207 e. The number of nitrogens with zero attached hydrogens (tertiary/aromatic N) is 4. The smallest absolute Gasteiger partial charge is 0.207 e. The summed E-state index contributed by atoms with van der Waals surface area (Å²) in [5, 5.41) is 13.6. The Balaban J connectivity index is 1.87. The standard InChI is InChI=1S/C15H7ClF2N4S/c16-9-3-1-8(2-4-9)14-21-22-13(19-20-15(22)23-14)11-7-10(17)5-6-12(11)18/h1-7H. The first kappa shape index (κ1) is 14.2. The molecule has 0 aliphatic rings. The molecule has 0 aliphatic heterocycles. The SMILES string of the molecule is Fc1ccc(F)c(-c2nnc3sc(-c4ccc(Cl)cc4)nn23)c1. The molecule has 0 fully saturated rings. The Labute approximate surface area is 138 Å². The van der Waals surface area contributed by atoms with Gasteiger partial charge >= 0.3 is 0 Å². The maximum atomic E-state index is 13.9. The molecule has 0 atom stereocenters. The molecule has 0 N–H and O–H groups in total. The van der Waals surface area contributed by atoms with Gasteiger partial charge in [0.15, 0.2) is 5.82 Å². The lowest BCUT2D eigenvalue weighted by Crippen LogP contribution is -1.94. The van der Waals surface area contributed by atoms with E-state index in [-0.39, 0.29) is 11.4 Å². The first-order chi connectivity index (χ1) is 11.1. The zero-order valence-electron chi connectivity index (χ0n) is 11.4. The van der Waals surface area contributed by atoms with Gasteiger partial charge in [-0.1, -0.05) is 35.1 Å². The Morgan fingerprint density at radius 3 is 2.57 bits per heavy atom. The summed E-state index contributed by atoms with van der Waals surface area (Å²) in [6.45, 7) is 0. The molecule has 8 heteroatoms. The maximum absolute atomic E-state index is 13.9. The summed E-state index contributed by atoms with van der Waals surface area (Å²) in [5.41, 5.74) is 0.876. The van der Waals surface area contributed by atoms with Gasteiger partial charge in [-0.15, -0.1) is 10.2 Å². The Kier molecular flexibility index (Phi) is 3.32. The molecular formula is C15H7ClF2N4S. The summed E-state index contributed by atoms with van der Waals surface area (Å²) in [4.78, 5) is 0.494. The zero-order chi connectivity index (χ0) is 16.0. The van der Waals surface area contributed by atoms with E-state index in [4.69, 9.17) is 11.6 Å². The molecule has 0 spiro atoms. The van der Waals surface area contributed by atoms with Crippen LogP contribution in [0.2, 0.25) is 5.02 Å².